The molecule has 2 fully saturated rings. The summed E-state index contributed by atoms with van der Waals surface area (Å²) in [5.41, 5.74) is 2.97. The third kappa shape index (κ3) is 3.85. The van der Waals surface area contributed by atoms with Crippen molar-refractivity contribution in [1.82, 2.24) is 14.9 Å². The smallest absolute Gasteiger partial charge is 0.227 e. The number of hydrogen-bond donors (Lipinski definition) is 1. The number of amides is 1. The van der Waals surface area contributed by atoms with Crippen molar-refractivity contribution >= 4 is 23.6 Å². The summed E-state index contributed by atoms with van der Waals surface area (Å²) in [6, 6.07) is 8.78. The largest absolute Gasteiger partial charge is 0.376 e. The van der Waals surface area contributed by atoms with E-state index in [4.69, 9.17) is 9.72 Å². The standard InChI is InChI=1S/C22H26N4O2S/c1-29-18-6-2-15(3-7-18)10-19(27)26-9-8-22(13-26)14-28-12-16-11-23-21(25-20(16)22)24-17-4-5-17/h2-3,6-7,11,17H,4-5,8-10,12-14H2,1H3,(H,23,24,25). The Kier molecular flexibility index (Phi) is 4.95. The first-order chi connectivity index (χ1) is 14.1. The molecular weight excluding hydrogens is 384 g/mol. The van der Waals surface area contributed by atoms with Crippen LogP contribution >= 0.6 is 11.8 Å². The second-order valence-corrected chi connectivity index (χ2v) is 9.23. The summed E-state index contributed by atoms with van der Waals surface area (Å²) < 4.78 is 5.90. The highest BCUT2D eigenvalue weighted by molar-refractivity contribution is 7.98. The van der Waals surface area contributed by atoms with Gasteiger partial charge in [0.25, 0.3) is 0 Å². The van der Waals surface area contributed by atoms with E-state index in [2.05, 4.69) is 40.8 Å². The van der Waals surface area contributed by atoms with Crippen LogP contribution in [0.15, 0.2) is 35.4 Å². The summed E-state index contributed by atoms with van der Waals surface area (Å²) >= 11 is 1.71. The van der Waals surface area contributed by atoms with Gasteiger partial charge in [0.05, 0.1) is 30.7 Å². The molecule has 3 aliphatic rings. The molecule has 1 N–H and O–H groups in total. The lowest BCUT2D eigenvalue weighted by Gasteiger charge is -2.34. The van der Waals surface area contributed by atoms with E-state index in [1.165, 1.54) is 17.7 Å². The van der Waals surface area contributed by atoms with E-state index in [9.17, 15) is 4.79 Å². The predicted octanol–water partition coefficient (Wildman–Crippen LogP) is 3.02. The number of ether oxygens (including phenoxy) is 1. The van der Waals surface area contributed by atoms with Gasteiger partial charge in [-0.1, -0.05) is 12.1 Å². The molecule has 1 spiro atoms. The third-order valence-electron chi connectivity index (χ3n) is 6.13. The number of nitrogens with one attached hydrogen (secondary N) is 1. The Morgan fingerprint density at radius 3 is 2.93 bits per heavy atom. The van der Waals surface area contributed by atoms with Gasteiger partial charge in [-0.25, -0.2) is 9.97 Å². The van der Waals surface area contributed by atoms with Crippen LogP contribution < -0.4 is 5.32 Å². The zero-order valence-electron chi connectivity index (χ0n) is 16.7. The van der Waals surface area contributed by atoms with Crippen LogP contribution in [0.1, 0.15) is 36.1 Å². The van der Waals surface area contributed by atoms with Gasteiger partial charge >= 0.3 is 0 Å². The second kappa shape index (κ2) is 7.61. The summed E-state index contributed by atoms with van der Waals surface area (Å²) in [6.07, 6.45) is 7.66. The Morgan fingerprint density at radius 1 is 1.34 bits per heavy atom. The molecule has 1 atom stereocenters. The zero-order valence-corrected chi connectivity index (χ0v) is 17.5. The number of carbonyl (C=O) groups excluding carboxylic acids is 1. The van der Waals surface area contributed by atoms with Crippen LogP contribution in [0.25, 0.3) is 0 Å². The molecule has 0 bridgehead atoms. The maximum Gasteiger partial charge on any atom is 0.227 e. The Morgan fingerprint density at radius 2 is 2.17 bits per heavy atom. The van der Waals surface area contributed by atoms with Gasteiger partial charge in [-0.05, 0) is 43.2 Å². The molecule has 0 radical (unpaired) electrons. The van der Waals surface area contributed by atoms with Gasteiger partial charge in [-0.2, -0.15) is 0 Å². The number of aromatic nitrogens is 2. The molecule has 7 heteroatoms. The fraction of sp³-hybridized carbons (Fsp3) is 0.500. The summed E-state index contributed by atoms with van der Waals surface area (Å²) in [4.78, 5) is 25.5. The molecule has 1 amide bonds. The highest BCUT2D eigenvalue weighted by atomic mass is 32.2. The number of carbonyl (C=O) groups is 1. The highest BCUT2D eigenvalue weighted by Crippen LogP contribution is 2.39. The Balaban J connectivity index is 1.32. The van der Waals surface area contributed by atoms with Crippen molar-refractivity contribution in [3.05, 3.63) is 47.3 Å². The summed E-state index contributed by atoms with van der Waals surface area (Å²) in [5.74, 6) is 0.891. The third-order valence-corrected chi connectivity index (χ3v) is 6.88. The number of likely N-dealkylation sites (tertiary alicyclic amines) is 1. The molecule has 29 heavy (non-hydrogen) atoms. The summed E-state index contributed by atoms with van der Waals surface area (Å²) in [6.45, 7) is 2.59. The topological polar surface area (TPSA) is 67.4 Å². The van der Waals surface area contributed by atoms with Gasteiger partial charge in [0, 0.05) is 35.8 Å². The van der Waals surface area contributed by atoms with Crippen molar-refractivity contribution < 1.29 is 9.53 Å². The minimum Gasteiger partial charge on any atom is -0.376 e. The van der Waals surface area contributed by atoms with Crippen molar-refractivity contribution in [2.45, 2.75) is 48.6 Å². The number of rotatable bonds is 5. The predicted molar refractivity (Wildman–Crippen MR) is 113 cm³/mol. The first-order valence-electron chi connectivity index (χ1n) is 10.3. The molecule has 1 aromatic carbocycles. The SMILES string of the molecule is CSc1ccc(CC(=O)N2CCC3(COCc4cnc(NC5CC5)nc43)C2)cc1. The lowest BCUT2D eigenvalue weighted by atomic mass is 9.80. The lowest BCUT2D eigenvalue weighted by Crippen LogP contribution is -2.42. The molecule has 2 aromatic rings. The van der Waals surface area contributed by atoms with Crippen molar-refractivity contribution in [2.24, 2.45) is 0 Å². The molecule has 1 saturated heterocycles. The Labute approximate surface area is 175 Å². The van der Waals surface area contributed by atoms with Crippen LogP contribution in [0.2, 0.25) is 0 Å². The normalized spacial score (nSPS) is 23.3. The molecule has 1 aromatic heterocycles. The zero-order chi connectivity index (χ0) is 19.8. The highest BCUT2D eigenvalue weighted by Gasteiger charge is 2.46. The van der Waals surface area contributed by atoms with E-state index < -0.39 is 0 Å². The van der Waals surface area contributed by atoms with Crippen molar-refractivity contribution in [2.75, 3.05) is 31.3 Å². The van der Waals surface area contributed by atoms with Crippen molar-refractivity contribution in [3.63, 3.8) is 0 Å². The second-order valence-electron chi connectivity index (χ2n) is 8.35. The average molecular weight is 411 g/mol. The van der Waals surface area contributed by atoms with Crippen molar-refractivity contribution in [1.29, 1.82) is 0 Å². The number of benzene rings is 1. The van der Waals surface area contributed by atoms with E-state index in [-0.39, 0.29) is 11.3 Å². The first-order valence-corrected chi connectivity index (χ1v) is 11.5. The number of hydrogen-bond acceptors (Lipinski definition) is 6. The minimum atomic E-state index is -0.213. The summed E-state index contributed by atoms with van der Waals surface area (Å²) in [7, 11) is 0. The van der Waals surface area contributed by atoms with E-state index in [1.807, 2.05) is 11.1 Å². The molecule has 2 aliphatic heterocycles. The fourth-order valence-corrected chi connectivity index (χ4v) is 4.71. The van der Waals surface area contributed by atoms with Crippen LogP contribution in [0.3, 0.4) is 0 Å². The van der Waals surface area contributed by atoms with E-state index >= 15 is 0 Å². The molecule has 152 valence electrons. The van der Waals surface area contributed by atoms with Crippen LogP contribution in [-0.4, -0.2) is 52.8 Å². The number of thioether (sulfide) groups is 1. The quantitative estimate of drug-likeness (QED) is 0.765. The molecular formula is C22H26N4O2S. The maximum atomic E-state index is 13.0. The molecule has 3 heterocycles. The fourth-order valence-electron chi connectivity index (χ4n) is 4.30. The average Bonchev–Trinajstić information content (AvgIpc) is 3.46. The molecule has 6 nitrogen and oxygen atoms in total. The Bertz CT molecular complexity index is 916. The van der Waals surface area contributed by atoms with Gasteiger partial charge in [0.1, 0.15) is 0 Å². The molecule has 5 rings (SSSR count). The monoisotopic (exact) mass is 410 g/mol. The van der Waals surface area contributed by atoms with E-state index in [0.29, 0.717) is 38.2 Å². The minimum absolute atomic E-state index is 0.177. The van der Waals surface area contributed by atoms with Gasteiger partial charge < -0.3 is 15.0 Å². The number of nitrogens with zero attached hydrogens (tertiary/aromatic N) is 3. The van der Waals surface area contributed by atoms with Gasteiger partial charge in [0.2, 0.25) is 11.9 Å². The van der Waals surface area contributed by atoms with E-state index in [1.54, 1.807) is 11.8 Å². The van der Waals surface area contributed by atoms with Gasteiger partial charge in [-0.15, -0.1) is 11.8 Å². The van der Waals surface area contributed by atoms with Crippen LogP contribution in [-0.2, 0) is 28.0 Å². The van der Waals surface area contributed by atoms with Crippen LogP contribution in [0.5, 0.6) is 0 Å². The van der Waals surface area contributed by atoms with Crippen LogP contribution in [0.4, 0.5) is 5.95 Å². The van der Waals surface area contributed by atoms with Gasteiger partial charge in [-0.3, -0.25) is 4.79 Å². The van der Waals surface area contributed by atoms with Gasteiger partial charge in [0.15, 0.2) is 0 Å². The van der Waals surface area contributed by atoms with Crippen molar-refractivity contribution in [3.8, 4) is 0 Å². The lowest BCUT2D eigenvalue weighted by molar-refractivity contribution is -0.129. The molecule has 1 saturated carbocycles. The molecule has 1 aliphatic carbocycles. The summed E-state index contributed by atoms with van der Waals surface area (Å²) in [5, 5.41) is 3.40. The first kappa shape index (κ1) is 18.9. The van der Waals surface area contributed by atoms with E-state index in [0.717, 1.165) is 29.8 Å². The molecule has 1 unspecified atom stereocenters. The Hall–Kier alpha value is -2.12. The maximum absolute atomic E-state index is 13.0. The number of anilines is 1. The van der Waals surface area contributed by atoms with Crippen LogP contribution in [0, 0.1) is 0 Å². The number of fused-ring (bicyclic) bond motifs is 2.